The van der Waals surface area contributed by atoms with Crippen molar-refractivity contribution in [3.05, 3.63) is 53.9 Å². The molecule has 0 spiro atoms. The molecule has 2 aromatic heterocycles. The topological polar surface area (TPSA) is 188 Å². The van der Waals surface area contributed by atoms with Crippen LogP contribution in [0.4, 0.5) is 13.2 Å². The first-order valence-corrected chi connectivity index (χ1v) is 21.2. The summed E-state index contributed by atoms with van der Waals surface area (Å²) in [5.74, 6) is -2.70. The lowest BCUT2D eigenvalue weighted by Crippen LogP contribution is -2.52. The third kappa shape index (κ3) is 9.34. The molecule has 0 bridgehead atoms. The highest BCUT2D eigenvalue weighted by atomic mass is 32.2. The number of nitrogens with one attached hydrogen (secondary N) is 2. The largest absolute Gasteiger partial charge is 0.496 e. The summed E-state index contributed by atoms with van der Waals surface area (Å²) in [7, 11) is -0.847. The number of hydrogen-bond acceptors (Lipinski definition) is 11. The van der Waals surface area contributed by atoms with Crippen LogP contribution in [0.3, 0.4) is 0 Å². The van der Waals surface area contributed by atoms with E-state index >= 15 is 0 Å². The minimum atomic E-state index is -4.66. The van der Waals surface area contributed by atoms with Crippen molar-refractivity contribution in [2.24, 2.45) is 18.4 Å². The van der Waals surface area contributed by atoms with Gasteiger partial charge in [-0.05, 0) is 69.6 Å². The third-order valence-electron chi connectivity index (χ3n) is 11.5. The Labute approximate surface area is 339 Å². The number of benzene rings is 1. The van der Waals surface area contributed by atoms with E-state index in [4.69, 9.17) is 14.2 Å². The van der Waals surface area contributed by atoms with Gasteiger partial charge in [-0.15, -0.1) is 0 Å². The number of carbonyl (C=O) groups excluding carboxylic acids is 4. The molecule has 0 radical (unpaired) electrons. The zero-order valence-electron chi connectivity index (χ0n) is 32.9. The summed E-state index contributed by atoms with van der Waals surface area (Å²) in [4.78, 5) is 62.1. The molecular formula is C40H47F3N6O9S. The first-order chi connectivity index (χ1) is 28.0. The maximum Gasteiger partial charge on any atom is 0.422 e. The number of pyridine rings is 1. The van der Waals surface area contributed by atoms with Crippen molar-refractivity contribution in [3.8, 4) is 17.4 Å². The maximum atomic E-state index is 14.7. The fraction of sp³-hybridized carbons (Fsp3) is 0.550. The molecule has 3 amide bonds. The van der Waals surface area contributed by atoms with Gasteiger partial charge in [0.25, 0.3) is 5.91 Å². The van der Waals surface area contributed by atoms with E-state index in [1.165, 1.54) is 28.8 Å². The number of alkyl halides is 3. The van der Waals surface area contributed by atoms with Gasteiger partial charge >= 0.3 is 6.18 Å². The Balaban J connectivity index is 1.23. The Morgan fingerprint density at radius 2 is 1.85 bits per heavy atom. The molecule has 2 aliphatic carbocycles. The molecule has 4 heterocycles. The molecule has 2 saturated carbocycles. The number of halogens is 3. The van der Waals surface area contributed by atoms with Crippen LogP contribution in [0.1, 0.15) is 80.3 Å². The van der Waals surface area contributed by atoms with E-state index in [9.17, 15) is 40.8 Å². The minimum Gasteiger partial charge on any atom is -0.496 e. The number of aromatic nitrogens is 3. The van der Waals surface area contributed by atoms with Crippen molar-refractivity contribution in [2.75, 3.05) is 20.3 Å². The van der Waals surface area contributed by atoms with Gasteiger partial charge < -0.3 is 24.4 Å². The van der Waals surface area contributed by atoms with Crippen LogP contribution >= 0.6 is 0 Å². The molecule has 1 saturated heterocycles. The Hall–Kier alpha value is -5.20. The lowest BCUT2D eigenvalue weighted by Gasteiger charge is -2.29. The smallest absolute Gasteiger partial charge is 0.422 e. The van der Waals surface area contributed by atoms with E-state index in [2.05, 4.69) is 20.1 Å². The summed E-state index contributed by atoms with van der Waals surface area (Å²) < 4.78 is 86.1. The lowest BCUT2D eigenvalue weighted by atomic mass is 9.91. The van der Waals surface area contributed by atoms with Gasteiger partial charge in [-0.1, -0.05) is 25.0 Å². The monoisotopic (exact) mass is 844 g/mol. The van der Waals surface area contributed by atoms with Crippen molar-refractivity contribution >= 4 is 44.4 Å². The van der Waals surface area contributed by atoms with E-state index < -0.39 is 81.1 Å². The first-order valence-electron chi connectivity index (χ1n) is 19.7. The molecule has 1 aromatic carbocycles. The molecule has 7 rings (SSSR count). The average molecular weight is 845 g/mol. The van der Waals surface area contributed by atoms with Gasteiger partial charge in [-0.2, -0.15) is 18.3 Å². The standard InChI is InChI=1S/C40H47F3N6O9S/c1-23-32(56-3)14-13-27-33(18-34(45-35(23)27)57-22-40(41,42)43)58-25-17-30-31(50)20-39(38(53)47-59(54,55)26-11-12-26)19-24(39)9-7-5-4-6-8-10-29(37(52)49(30)21-25)44-36(51)28-15-16-48(2)46-28/h7,9,13-16,18,24-26,29-30H,4-6,8,10-12,17,19-22H2,1-3H3,(H,44,51)(H,47,53)/b9-7-/t24-,25+,29-,30-,39+/m0/s1. The maximum absolute atomic E-state index is 14.7. The summed E-state index contributed by atoms with van der Waals surface area (Å²) in [5.41, 5.74) is -0.522. The SMILES string of the molecule is COc1ccc2c(O[C@@H]3C[C@H]4C(=O)C[C@]5(C(=O)NS(=O)(=O)C6CC6)C[C@@H]5/C=C\CCCCC[C@H](NC(=O)c5ccn(C)n5)C(=O)N4C3)cc(OCC(F)(F)F)nc2c1C. The van der Waals surface area contributed by atoms with Gasteiger partial charge in [0.05, 0.1) is 35.9 Å². The number of Topliss-reactive ketones (excluding diaryl/α,β-unsaturated/α-hetero) is 1. The summed E-state index contributed by atoms with van der Waals surface area (Å²) >= 11 is 0. The van der Waals surface area contributed by atoms with Crippen LogP contribution < -0.4 is 24.2 Å². The third-order valence-corrected chi connectivity index (χ3v) is 13.3. The summed E-state index contributed by atoms with van der Waals surface area (Å²) in [6.07, 6.45) is 3.38. The highest BCUT2D eigenvalue weighted by Crippen LogP contribution is 2.57. The Morgan fingerprint density at radius 1 is 1.07 bits per heavy atom. The van der Waals surface area contributed by atoms with E-state index in [0.29, 0.717) is 48.8 Å². The number of amides is 3. The normalized spacial score (nSPS) is 25.9. The molecule has 2 N–H and O–H groups in total. The lowest BCUT2D eigenvalue weighted by molar-refractivity contribution is -0.154. The van der Waals surface area contributed by atoms with Gasteiger partial charge in [0.1, 0.15) is 29.3 Å². The highest BCUT2D eigenvalue weighted by Gasteiger charge is 2.61. The van der Waals surface area contributed by atoms with Crippen LogP contribution in [0, 0.1) is 18.3 Å². The molecule has 19 heteroatoms. The molecule has 4 aliphatic rings. The van der Waals surface area contributed by atoms with E-state index in [1.54, 1.807) is 32.3 Å². The molecule has 2 aliphatic heterocycles. The van der Waals surface area contributed by atoms with Crippen LogP contribution in [-0.4, -0.2) is 101 Å². The number of aryl methyl sites for hydroxylation is 2. The zero-order chi connectivity index (χ0) is 42.3. The molecule has 318 valence electrons. The Bertz CT molecular complexity index is 2280. The quantitative estimate of drug-likeness (QED) is 0.274. The van der Waals surface area contributed by atoms with Crippen molar-refractivity contribution in [3.63, 3.8) is 0 Å². The van der Waals surface area contributed by atoms with Gasteiger partial charge in [-0.25, -0.2) is 13.4 Å². The van der Waals surface area contributed by atoms with Crippen molar-refractivity contribution in [1.82, 2.24) is 29.7 Å². The number of hydrogen-bond donors (Lipinski definition) is 2. The number of rotatable bonds is 10. The number of sulfonamides is 1. The van der Waals surface area contributed by atoms with Crippen LogP contribution in [0.5, 0.6) is 17.4 Å². The Kier molecular flexibility index (Phi) is 11.7. The molecule has 3 aromatic rings. The zero-order valence-corrected chi connectivity index (χ0v) is 33.7. The second-order valence-corrected chi connectivity index (χ2v) is 17.8. The number of carbonyl (C=O) groups is 4. The Morgan fingerprint density at radius 3 is 2.54 bits per heavy atom. The van der Waals surface area contributed by atoms with E-state index in [1.807, 2.05) is 12.2 Å². The summed E-state index contributed by atoms with van der Waals surface area (Å²) in [5, 5.41) is 6.71. The first kappa shape index (κ1) is 41.9. The number of ether oxygens (including phenoxy) is 3. The molecule has 3 fully saturated rings. The van der Waals surface area contributed by atoms with Crippen LogP contribution in [0.2, 0.25) is 0 Å². The molecule has 15 nitrogen and oxygen atoms in total. The number of ketones is 1. The van der Waals surface area contributed by atoms with Gasteiger partial charge in [0.15, 0.2) is 12.4 Å². The number of nitrogens with zero attached hydrogens (tertiary/aromatic N) is 4. The predicted octanol–water partition coefficient (Wildman–Crippen LogP) is 4.47. The minimum absolute atomic E-state index is 0.0816. The molecular weight excluding hydrogens is 798 g/mol. The van der Waals surface area contributed by atoms with Gasteiger partial charge in [0.2, 0.25) is 27.7 Å². The van der Waals surface area contributed by atoms with Crippen molar-refractivity contribution in [1.29, 1.82) is 0 Å². The molecule has 59 heavy (non-hydrogen) atoms. The fourth-order valence-corrected chi connectivity index (χ4v) is 9.43. The van der Waals surface area contributed by atoms with Crippen LogP contribution in [-0.2, 0) is 31.5 Å². The van der Waals surface area contributed by atoms with Gasteiger partial charge in [-0.3, -0.25) is 28.6 Å². The number of allylic oxidation sites excluding steroid dienone is 2. The van der Waals surface area contributed by atoms with Crippen LogP contribution in [0.25, 0.3) is 10.9 Å². The summed E-state index contributed by atoms with van der Waals surface area (Å²) in [6, 6.07) is 3.76. The second kappa shape index (κ2) is 16.5. The van der Waals surface area contributed by atoms with Gasteiger partial charge in [0, 0.05) is 43.1 Å². The van der Waals surface area contributed by atoms with E-state index in [0.717, 1.165) is 6.42 Å². The molecule has 0 unspecified atom stereocenters. The predicted molar refractivity (Wildman–Crippen MR) is 206 cm³/mol. The highest BCUT2D eigenvalue weighted by molar-refractivity contribution is 7.90. The van der Waals surface area contributed by atoms with Crippen molar-refractivity contribution < 1.29 is 55.0 Å². The van der Waals surface area contributed by atoms with Crippen LogP contribution in [0.15, 0.2) is 42.6 Å². The van der Waals surface area contributed by atoms with Crippen molar-refractivity contribution in [2.45, 2.75) is 101 Å². The summed E-state index contributed by atoms with van der Waals surface area (Å²) in [6.45, 7) is -0.104. The number of methoxy groups -OCH3 is 1. The number of fused-ring (bicyclic) bond motifs is 3. The second-order valence-electron chi connectivity index (χ2n) is 15.9. The molecule has 5 atom stereocenters. The van der Waals surface area contributed by atoms with E-state index in [-0.39, 0.29) is 55.1 Å². The average Bonchev–Trinajstić information content (AvgIpc) is 4.07. The fourth-order valence-electron chi connectivity index (χ4n) is 8.04.